The second-order valence-corrected chi connectivity index (χ2v) is 8.09. The summed E-state index contributed by atoms with van der Waals surface area (Å²) in [4.78, 5) is 24.3. The van der Waals surface area contributed by atoms with Crippen LogP contribution in [0, 0.1) is 0 Å². The number of hydrogen-bond acceptors (Lipinski definition) is 6. The number of aryl methyl sites for hydroxylation is 1. The molecule has 1 aliphatic heterocycles. The van der Waals surface area contributed by atoms with Gasteiger partial charge in [-0.3, -0.25) is 9.48 Å². The average Bonchev–Trinajstić information content (AvgIpc) is 3.18. The predicted molar refractivity (Wildman–Crippen MR) is 127 cm³/mol. The first-order valence-electron chi connectivity index (χ1n) is 10.8. The van der Waals surface area contributed by atoms with Crippen molar-refractivity contribution in [3.63, 3.8) is 0 Å². The van der Waals surface area contributed by atoms with Gasteiger partial charge in [0.25, 0.3) is 5.91 Å². The SMILES string of the molecule is Cn1cc2cc(NC(=O)c3cccc(-c4cccc(N)n4)n3)c(N3CCCCC3)cc2n1. The molecular formula is C24H25N7O. The van der Waals surface area contributed by atoms with Crippen LogP contribution in [-0.4, -0.2) is 38.7 Å². The average molecular weight is 428 g/mol. The van der Waals surface area contributed by atoms with Crippen LogP contribution in [0.3, 0.4) is 0 Å². The monoisotopic (exact) mass is 427 g/mol. The van der Waals surface area contributed by atoms with Gasteiger partial charge in [-0.15, -0.1) is 0 Å². The summed E-state index contributed by atoms with van der Waals surface area (Å²) in [6.45, 7) is 1.94. The van der Waals surface area contributed by atoms with Crippen LogP contribution >= 0.6 is 0 Å². The van der Waals surface area contributed by atoms with E-state index in [1.54, 1.807) is 22.9 Å². The Bertz CT molecular complexity index is 1290. The molecule has 0 unspecified atom stereocenters. The first kappa shape index (κ1) is 20.0. The van der Waals surface area contributed by atoms with Gasteiger partial charge in [-0.05, 0) is 55.7 Å². The van der Waals surface area contributed by atoms with Gasteiger partial charge in [-0.2, -0.15) is 5.10 Å². The summed E-state index contributed by atoms with van der Waals surface area (Å²) in [5.74, 6) is 0.146. The van der Waals surface area contributed by atoms with Gasteiger partial charge in [-0.1, -0.05) is 12.1 Å². The molecule has 0 aliphatic carbocycles. The van der Waals surface area contributed by atoms with Crippen molar-refractivity contribution in [2.24, 2.45) is 7.05 Å². The maximum absolute atomic E-state index is 13.2. The van der Waals surface area contributed by atoms with Crippen LogP contribution < -0.4 is 16.0 Å². The summed E-state index contributed by atoms with van der Waals surface area (Å²) in [5.41, 5.74) is 10.0. The molecule has 1 fully saturated rings. The lowest BCUT2D eigenvalue weighted by Gasteiger charge is -2.30. The van der Waals surface area contributed by atoms with E-state index in [0.29, 0.717) is 22.9 Å². The van der Waals surface area contributed by atoms with Gasteiger partial charge in [0.1, 0.15) is 11.5 Å². The summed E-state index contributed by atoms with van der Waals surface area (Å²) in [6, 6.07) is 14.7. The van der Waals surface area contributed by atoms with E-state index in [9.17, 15) is 4.79 Å². The van der Waals surface area contributed by atoms with E-state index < -0.39 is 0 Å². The maximum Gasteiger partial charge on any atom is 0.274 e. The van der Waals surface area contributed by atoms with E-state index in [0.717, 1.165) is 48.2 Å². The third kappa shape index (κ3) is 3.99. The van der Waals surface area contributed by atoms with E-state index in [-0.39, 0.29) is 5.91 Å². The first-order valence-corrected chi connectivity index (χ1v) is 10.8. The zero-order valence-corrected chi connectivity index (χ0v) is 18.0. The lowest BCUT2D eigenvalue weighted by atomic mass is 10.1. The second-order valence-electron chi connectivity index (χ2n) is 8.09. The number of rotatable bonds is 4. The minimum atomic E-state index is -0.266. The van der Waals surface area contributed by atoms with Crippen LogP contribution in [0.4, 0.5) is 17.2 Å². The number of carbonyl (C=O) groups excluding carboxylic acids is 1. The number of aromatic nitrogens is 4. The molecule has 0 radical (unpaired) electrons. The Labute approximate surface area is 186 Å². The number of amides is 1. The quantitative estimate of drug-likeness (QED) is 0.513. The number of piperidine rings is 1. The van der Waals surface area contributed by atoms with Crippen LogP contribution in [0.25, 0.3) is 22.3 Å². The summed E-state index contributed by atoms with van der Waals surface area (Å²) >= 11 is 0. The predicted octanol–water partition coefficient (Wildman–Crippen LogP) is 3.86. The fraction of sp³-hybridized carbons (Fsp3) is 0.250. The van der Waals surface area contributed by atoms with E-state index in [1.165, 1.54) is 6.42 Å². The summed E-state index contributed by atoms with van der Waals surface area (Å²) in [7, 11) is 1.90. The molecule has 8 nitrogen and oxygen atoms in total. The zero-order valence-electron chi connectivity index (χ0n) is 18.0. The Morgan fingerprint density at radius 3 is 2.53 bits per heavy atom. The molecule has 0 saturated carbocycles. The Balaban J connectivity index is 1.48. The molecule has 4 aromatic rings. The molecule has 3 aromatic heterocycles. The highest BCUT2D eigenvalue weighted by atomic mass is 16.1. The van der Waals surface area contributed by atoms with Gasteiger partial charge in [0.05, 0.1) is 28.3 Å². The maximum atomic E-state index is 13.2. The number of nitrogen functional groups attached to an aromatic ring is 1. The molecule has 32 heavy (non-hydrogen) atoms. The molecule has 3 N–H and O–H groups in total. The smallest absolute Gasteiger partial charge is 0.274 e. The summed E-state index contributed by atoms with van der Waals surface area (Å²) < 4.78 is 1.79. The third-order valence-electron chi connectivity index (χ3n) is 5.70. The van der Waals surface area contributed by atoms with Gasteiger partial charge in [0.2, 0.25) is 0 Å². The van der Waals surface area contributed by atoms with Gasteiger partial charge >= 0.3 is 0 Å². The van der Waals surface area contributed by atoms with Crippen LogP contribution in [0.15, 0.2) is 54.7 Å². The molecule has 1 saturated heterocycles. The van der Waals surface area contributed by atoms with Crippen LogP contribution in [0.1, 0.15) is 29.8 Å². The summed E-state index contributed by atoms with van der Waals surface area (Å²) in [6.07, 6.45) is 5.48. The fourth-order valence-corrected chi connectivity index (χ4v) is 4.16. The van der Waals surface area contributed by atoms with E-state index in [2.05, 4.69) is 31.3 Å². The van der Waals surface area contributed by atoms with E-state index in [1.807, 2.05) is 37.5 Å². The van der Waals surface area contributed by atoms with Crippen molar-refractivity contribution in [2.45, 2.75) is 19.3 Å². The van der Waals surface area contributed by atoms with Gasteiger partial charge in [0.15, 0.2) is 0 Å². The Morgan fingerprint density at radius 1 is 1.00 bits per heavy atom. The van der Waals surface area contributed by atoms with Crippen molar-refractivity contribution < 1.29 is 4.79 Å². The number of carbonyl (C=O) groups is 1. The van der Waals surface area contributed by atoms with Crippen LogP contribution in [0.5, 0.6) is 0 Å². The highest BCUT2D eigenvalue weighted by molar-refractivity contribution is 6.06. The van der Waals surface area contributed by atoms with Crippen molar-refractivity contribution in [1.29, 1.82) is 0 Å². The molecule has 0 spiro atoms. The number of fused-ring (bicyclic) bond motifs is 1. The van der Waals surface area contributed by atoms with Gasteiger partial charge < -0.3 is 16.0 Å². The number of nitrogens with two attached hydrogens (primary N) is 1. The molecule has 0 bridgehead atoms. The van der Waals surface area contributed by atoms with Crippen molar-refractivity contribution in [2.75, 3.05) is 29.0 Å². The third-order valence-corrected chi connectivity index (χ3v) is 5.70. The van der Waals surface area contributed by atoms with E-state index in [4.69, 9.17) is 5.73 Å². The fourth-order valence-electron chi connectivity index (χ4n) is 4.16. The second kappa shape index (κ2) is 8.30. The molecular weight excluding hydrogens is 402 g/mol. The zero-order chi connectivity index (χ0) is 22.1. The van der Waals surface area contributed by atoms with Crippen molar-refractivity contribution >= 4 is 34.0 Å². The number of hydrogen-bond donors (Lipinski definition) is 2. The first-order chi connectivity index (χ1) is 15.6. The minimum Gasteiger partial charge on any atom is -0.384 e. The molecule has 8 heteroatoms. The topological polar surface area (TPSA) is 102 Å². The van der Waals surface area contributed by atoms with Crippen LogP contribution in [0.2, 0.25) is 0 Å². The van der Waals surface area contributed by atoms with Gasteiger partial charge in [-0.25, -0.2) is 9.97 Å². The van der Waals surface area contributed by atoms with E-state index >= 15 is 0 Å². The Kier molecular flexibility index (Phi) is 5.18. The minimum absolute atomic E-state index is 0.266. The molecule has 162 valence electrons. The molecule has 1 amide bonds. The van der Waals surface area contributed by atoms with Crippen molar-refractivity contribution in [1.82, 2.24) is 19.7 Å². The standard InChI is InChI=1S/C24H25N7O/c1-30-15-16-13-21(22(14-20(16)29-30)31-11-3-2-4-12-31)28-24(32)19-9-5-7-17(26-19)18-8-6-10-23(25)27-18/h5-10,13-15H,2-4,11-12H2,1H3,(H2,25,27)(H,28,32). The molecule has 5 rings (SSSR count). The molecule has 0 atom stereocenters. The number of benzene rings is 1. The molecule has 4 heterocycles. The number of anilines is 3. The summed E-state index contributed by atoms with van der Waals surface area (Å²) in [5, 5.41) is 8.62. The Morgan fingerprint density at radius 2 is 1.75 bits per heavy atom. The Hall–Kier alpha value is -3.94. The van der Waals surface area contributed by atoms with Crippen molar-refractivity contribution in [3.05, 3.63) is 60.4 Å². The highest BCUT2D eigenvalue weighted by Crippen LogP contribution is 2.33. The lowest BCUT2D eigenvalue weighted by molar-refractivity contribution is 0.102. The van der Waals surface area contributed by atoms with Crippen molar-refractivity contribution in [3.8, 4) is 11.4 Å². The normalized spacial score (nSPS) is 14.0. The highest BCUT2D eigenvalue weighted by Gasteiger charge is 2.19. The number of nitrogens with zero attached hydrogens (tertiary/aromatic N) is 5. The number of nitrogens with one attached hydrogen (secondary N) is 1. The van der Waals surface area contributed by atoms with Gasteiger partial charge in [0, 0.05) is 31.7 Å². The molecule has 1 aliphatic rings. The lowest BCUT2D eigenvalue weighted by Crippen LogP contribution is -2.30. The van der Waals surface area contributed by atoms with Crippen LogP contribution in [-0.2, 0) is 7.05 Å². The largest absolute Gasteiger partial charge is 0.384 e. The molecule has 1 aromatic carbocycles. The number of pyridine rings is 2.